The summed E-state index contributed by atoms with van der Waals surface area (Å²) in [5, 5.41) is 0. The van der Waals surface area contributed by atoms with Crippen molar-refractivity contribution in [2.45, 2.75) is 59.8 Å². The van der Waals surface area contributed by atoms with Crippen LogP contribution in [0.3, 0.4) is 0 Å². The van der Waals surface area contributed by atoms with Gasteiger partial charge in [-0.2, -0.15) is 0 Å². The molecule has 0 aromatic carbocycles. The highest BCUT2D eigenvalue weighted by Crippen LogP contribution is 2.25. The van der Waals surface area contributed by atoms with Gasteiger partial charge in [-0.05, 0) is 32.6 Å². The molecule has 0 bridgehead atoms. The minimum atomic E-state index is -0.350. The zero-order valence-corrected chi connectivity index (χ0v) is 10.5. The Morgan fingerprint density at radius 1 is 0.933 bits per heavy atom. The van der Waals surface area contributed by atoms with Crippen molar-refractivity contribution >= 4 is 11.6 Å². The van der Waals surface area contributed by atoms with Gasteiger partial charge in [0.1, 0.15) is 11.6 Å². The highest BCUT2D eigenvalue weighted by atomic mass is 16.1. The van der Waals surface area contributed by atoms with Crippen LogP contribution in [-0.4, -0.2) is 11.6 Å². The number of hydrogen-bond donors (Lipinski definition) is 0. The molecule has 0 aliphatic carbocycles. The maximum atomic E-state index is 11.4. The van der Waals surface area contributed by atoms with Gasteiger partial charge < -0.3 is 0 Å². The van der Waals surface area contributed by atoms with Crippen molar-refractivity contribution in [3.63, 3.8) is 0 Å². The maximum absolute atomic E-state index is 11.4. The fourth-order valence-electron chi connectivity index (χ4n) is 2.26. The SMILES string of the molecule is CCCCC(CCC)C(C(C)=O)C(C)=O. The topological polar surface area (TPSA) is 34.1 Å². The van der Waals surface area contributed by atoms with Crippen molar-refractivity contribution in [1.29, 1.82) is 0 Å². The first-order valence-electron chi connectivity index (χ1n) is 6.05. The molecule has 0 N–H and O–H groups in total. The standard InChI is InChI=1S/C13H24O2/c1-5-7-9-12(8-6-2)13(10(3)14)11(4)15/h12-13H,5-9H2,1-4H3. The van der Waals surface area contributed by atoms with Crippen molar-refractivity contribution < 1.29 is 9.59 Å². The van der Waals surface area contributed by atoms with Gasteiger partial charge in [0.2, 0.25) is 0 Å². The molecular weight excluding hydrogens is 188 g/mol. The van der Waals surface area contributed by atoms with E-state index in [2.05, 4.69) is 13.8 Å². The second kappa shape index (κ2) is 7.61. The van der Waals surface area contributed by atoms with E-state index in [9.17, 15) is 9.59 Å². The summed E-state index contributed by atoms with van der Waals surface area (Å²) in [4.78, 5) is 22.9. The zero-order chi connectivity index (χ0) is 11.8. The number of carbonyl (C=O) groups excluding carboxylic acids is 2. The molecule has 1 unspecified atom stereocenters. The Morgan fingerprint density at radius 2 is 1.47 bits per heavy atom. The number of Topliss-reactive ketones (excluding diaryl/α,β-unsaturated/α-hetero) is 2. The number of hydrogen-bond acceptors (Lipinski definition) is 2. The van der Waals surface area contributed by atoms with Gasteiger partial charge in [0.15, 0.2) is 0 Å². The van der Waals surface area contributed by atoms with Gasteiger partial charge in [0.25, 0.3) is 0 Å². The average molecular weight is 212 g/mol. The summed E-state index contributed by atoms with van der Waals surface area (Å²) in [6.07, 6.45) is 5.29. The van der Waals surface area contributed by atoms with Crippen molar-refractivity contribution in [1.82, 2.24) is 0 Å². The van der Waals surface area contributed by atoms with E-state index in [-0.39, 0.29) is 23.4 Å². The van der Waals surface area contributed by atoms with Crippen LogP contribution in [0.15, 0.2) is 0 Å². The van der Waals surface area contributed by atoms with Gasteiger partial charge >= 0.3 is 0 Å². The van der Waals surface area contributed by atoms with Gasteiger partial charge in [-0.15, -0.1) is 0 Å². The highest BCUT2D eigenvalue weighted by molar-refractivity contribution is 6.00. The van der Waals surface area contributed by atoms with Crippen molar-refractivity contribution in [2.75, 3.05) is 0 Å². The van der Waals surface area contributed by atoms with Crippen LogP contribution in [0.2, 0.25) is 0 Å². The summed E-state index contributed by atoms with van der Waals surface area (Å²) >= 11 is 0. The summed E-state index contributed by atoms with van der Waals surface area (Å²) in [5.41, 5.74) is 0. The van der Waals surface area contributed by atoms with Crippen LogP contribution in [0.1, 0.15) is 59.8 Å². The zero-order valence-electron chi connectivity index (χ0n) is 10.5. The van der Waals surface area contributed by atoms with Crippen LogP contribution >= 0.6 is 0 Å². The first kappa shape index (κ1) is 14.3. The van der Waals surface area contributed by atoms with E-state index in [0.717, 1.165) is 32.1 Å². The van der Waals surface area contributed by atoms with Gasteiger partial charge in [-0.3, -0.25) is 9.59 Å². The molecule has 0 aromatic heterocycles. The quantitative estimate of drug-likeness (QED) is 0.578. The molecule has 0 aromatic rings. The predicted molar refractivity (Wildman–Crippen MR) is 62.8 cm³/mol. The highest BCUT2D eigenvalue weighted by Gasteiger charge is 2.28. The summed E-state index contributed by atoms with van der Waals surface area (Å²) < 4.78 is 0. The Bertz CT molecular complexity index is 195. The molecule has 0 radical (unpaired) electrons. The summed E-state index contributed by atoms with van der Waals surface area (Å²) in [7, 11) is 0. The van der Waals surface area contributed by atoms with E-state index < -0.39 is 0 Å². The Balaban J connectivity index is 4.51. The van der Waals surface area contributed by atoms with E-state index >= 15 is 0 Å². The Labute approximate surface area is 93.4 Å². The summed E-state index contributed by atoms with van der Waals surface area (Å²) in [6, 6.07) is 0. The van der Waals surface area contributed by atoms with Crippen LogP contribution in [0.5, 0.6) is 0 Å². The number of ketones is 2. The molecule has 1 atom stereocenters. The largest absolute Gasteiger partial charge is 0.299 e. The lowest BCUT2D eigenvalue weighted by molar-refractivity contribution is -0.132. The van der Waals surface area contributed by atoms with Gasteiger partial charge in [0.05, 0.1) is 5.92 Å². The van der Waals surface area contributed by atoms with Gasteiger partial charge in [-0.1, -0.05) is 33.1 Å². The minimum absolute atomic E-state index is 0.0389. The molecule has 0 fully saturated rings. The van der Waals surface area contributed by atoms with Gasteiger partial charge in [0, 0.05) is 0 Å². The van der Waals surface area contributed by atoms with Crippen molar-refractivity contribution in [2.24, 2.45) is 11.8 Å². The number of rotatable bonds is 8. The van der Waals surface area contributed by atoms with E-state index in [1.807, 2.05) is 0 Å². The lowest BCUT2D eigenvalue weighted by Gasteiger charge is -2.22. The first-order valence-corrected chi connectivity index (χ1v) is 6.05. The summed E-state index contributed by atoms with van der Waals surface area (Å²) in [5.74, 6) is -0.00411. The third kappa shape index (κ3) is 5.10. The van der Waals surface area contributed by atoms with Crippen molar-refractivity contribution in [3.05, 3.63) is 0 Å². The monoisotopic (exact) mass is 212 g/mol. The summed E-state index contributed by atoms with van der Waals surface area (Å²) in [6.45, 7) is 7.33. The fraction of sp³-hybridized carbons (Fsp3) is 0.846. The second-order valence-electron chi connectivity index (χ2n) is 4.39. The minimum Gasteiger partial charge on any atom is -0.299 e. The molecule has 2 nitrogen and oxygen atoms in total. The van der Waals surface area contributed by atoms with E-state index in [0.29, 0.717) is 0 Å². The predicted octanol–water partition coefficient (Wildman–Crippen LogP) is 3.39. The van der Waals surface area contributed by atoms with Crippen LogP contribution in [0.4, 0.5) is 0 Å². The van der Waals surface area contributed by atoms with Crippen LogP contribution in [-0.2, 0) is 9.59 Å². The lowest BCUT2D eigenvalue weighted by atomic mass is 9.80. The van der Waals surface area contributed by atoms with Crippen LogP contribution < -0.4 is 0 Å². The van der Waals surface area contributed by atoms with E-state index in [4.69, 9.17) is 0 Å². The molecule has 0 spiro atoms. The first-order chi connectivity index (χ1) is 7.04. The Hall–Kier alpha value is -0.660. The molecule has 0 amide bonds. The molecule has 2 heteroatoms. The van der Waals surface area contributed by atoms with Crippen molar-refractivity contribution in [3.8, 4) is 0 Å². The van der Waals surface area contributed by atoms with Crippen LogP contribution in [0, 0.1) is 11.8 Å². The third-order valence-corrected chi connectivity index (χ3v) is 2.94. The molecular formula is C13H24O2. The van der Waals surface area contributed by atoms with Crippen LogP contribution in [0.25, 0.3) is 0 Å². The number of unbranched alkanes of at least 4 members (excludes halogenated alkanes) is 1. The van der Waals surface area contributed by atoms with E-state index in [1.54, 1.807) is 13.8 Å². The molecule has 88 valence electrons. The maximum Gasteiger partial charge on any atom is 0.140 e. The molecule has 0 aliphatic heterocycles. The lowest BCUT2D eigenvalue weighted by Crippen LogP contribution is -2.28. The second-order valence-corrected chi connectivity index (χ2v) is 4.39. The molecule has 15 heavy (non-hydrogen) atoms. The smallest absolute Gasteiger partial charge is 0.140 e. The molecule has 0 saturated carbocycles. The average Bonchev–Trinajstić information content (AvgIpc) is 2.13. The molecule has 0 aliphatic rings. The van der Waals surface area contributed by atoms with E-state index in [1.165, 1.54) is 0 Å². The molecule has 0 rings (SSSR count). The van der Waals surface area contributed by atoms with Gasteiger partial charge in [-0.25, -0.2) is 0 Å². The Kier molecular flexibility index (Phi) is 7.27. The fourth-order valence-corrected chi connectivity index (χ4v) is 2.26. The Morgan fingerprint density at radius 3 is 1.80 bits per heavy atom. The number of carbonyl (C=O) groups is 2. The third-order valence-electron chi connectivity index (χ3n) is 2.94. The molecule has 0 saturated heterocycles. The normalized spacial score (nSPS) is 12.9. The molecule has 0 heterocycles.